The summed E-state index contributed by atoms with van der Waals surface area (Å²) in [4.78, 5) is 0. The van der Waals surface area contributed by atoms with Crippen molar-refractivity contribution in [3.63, 3.8) is 0 Å². The molecule has 0 N–H and O–H groups in total. The van der Waals surface area contributed by atoms with Crippen LogP contribution in [0.25, 0.3) is 0 Å². The van der Waals surface area contributed by atoms with Gasteiger partial charge in [0.1, 0.15) is 5.75 Å². The monoisotopic (exact) mass is 262 g/mol. The van der Waals surface area contributed by atoms with E-state index in [0.29, 0.717) is 0 Å². The highest BCUT2D eigenvalue weighted by atomic mass is 32.3. The third-order valence-electron chi connectivity index (χ3n) is 1.36. The van der Waals surface area contributed by atoms with Crippen LogP contribution in [0.3, 0.4) is 0 Å². The standard InChI is InChI=1S/C5H5F7O2S/c1-3(6,7)5(10,11)4(8,9)2-15(12,13)14/h2H2,1H3. The van der Waals surface area contributed by atoms with Crippen LogP contribution < -0.4 is 0 Å². The molecule has 0 aliphatic rings. The second-order valence-corrected chi connectivity index (χ2v) is 4.22. The van der Waals surface area contributed by atoms with Crippen LogP contribution in [0, 0.1) is 0 Å². The van der Waals surface area contributed by atoms with Gasteiger partial charge in [-0.3, -0.25) is 0 Å². The number of alkyl halides is 6. The van der Waals surface area contributed by atoms with Crippen molar-refractivity contribution in [2.45, 2.75) is 24.7 Å². The molecule has 0 radical (unpaired) electrons. The molecule has 0 unspecified atom stereocenters. The van der Waals surface area contributed by atoms with Crippen molar-refractivity contribution in [2.24, 2.45) is 0 Å². The minimum Gasteiger partial charge on any atom is -0.200 e. The molecule has 0 aliphatic heterocycles. The van der Waals surface area contributed by atoms with E-state index in [-0.39, 0.29) is 0 Å². The van der Waals surface area contributed by atoms with E-state index in [0.717, 1.165) is 0 Å². The van der Waals surface area contributed by atoms with Gasteiger partial charge >= 0.3 is 28.0 Å². The Morgan fingerprint density at radius 3 is 1.53 bits per heavy atom. The Balaban J connectivity index is 5.21. The molecule has 0 rings (SSSR count). The molecule has 0 heterocycles. The Kier molecular flexibility index (Phi) is 3.37. The van der Waals surface area contributed by atoms with E-state index in [1.165, 1.54) is 0 Å². The molecule has 0 fully saturated rings. The molecule has 0 bridgehead atoms. The molecule has 0 atom stereocenters. The number of halogens is 7. The maximum absolute atomic E-state index is 12.3. The van der Waals surface area contributed by atoms with Gasteiger partial charge in [0.15, 0.2) is 0 Å². The van der Waals surface area contributed by atoms with Crippen LogP contribution in [-0.2, 0) is 10.2 Å². The fourth-order valence-electron chi connectivity index (χ4n) is 0.628. The molecule has 0 aliphatic carbocycles. The van der Waals surface area contributed by atoms with E-state index in [4.69, 9.17) is 0 Å². The molecule has 0 amide bonds. The SMILES string of the molecule is CC(F)(F)C(F)(F)C(F)(F)CS(=O)(=O)F. The van der Waals surface area contributed by atoms with Gasteiger partial charge in [-0.15, -0.1) is 3.89 Å². The summed E-state index contributed by atoms with van der Waals surface area (Å²) in [6.07, 6.45) is 0. The number of rotatable bonds is 4. The molecule has 15 heavy (non-hydrogen) atoms. The molecule has 0 aromatic rings. The molecule has 2 nitrogen and oxygen atoms in total. The molecule has 92 valence electrons. The van der Waals surface area contributed by atoms with Crippen molar-refractivity contribution in [3.8, 4) is 0 Å². The Bertz CT molecular complexity index is 328. The minimum absolute atomic E-state index is 0.522. The Labute approximate surface area is 80.3 Å². The second-order valence-electron chi connectivity index (χ2n) is 2.85. The van der Waals surface area contributed by atoms with Gasteiger partial charge in [-0.25, -0.2) is 0 Å². The van der Waals surface area contributed by atoms with Gasteiger partial charge in [-0.1, -0.05) is 0 Å². The molecular formula is C5H5F7O2S. The first-order valence-electron chi connectivity index (χ1n) is 3.26. The highest BCUT2D eigenvalue weighted by Gasteiger charge is 2.70. The van der Waals surface area contributed by atoms with Crippen molar-refractivity contribution < 1.29 is 38.6 Å². The highest BCUT2D eigenvalue weighted by Crippen LogP contribution is 2.45. The quantitative estimate of drug-likeness (QED) is 0.575. The third-order valence-corrected chi connectivity index (χ3v) is 2.07. The topological polar surface area (TPSA) is 34.1 Å². The highest BCUT2D eigenvalue weighted by molar-refractivity contribution is 7.86. The largest absolute Gasteiger partial charge is 0.372 e. The molecular weight excluding hydrogens is 257 g/mol. The third kappa shape index (κ3) is 3.21. The maximum atomic E-state index is 12.3. The van der Waals surface area contributed by atoms with Gasteiger partial charge < -0.3 is 0 Å². The average Bonchev–Trinajstić information content (AvgIpc) is 1.77. The average molecular weight is 262 g/mol. The van der Waals surface area contributed by atoms with Gasteiger partial charge in [0.05, 0.1) is 0 Å². The predicted molar refractivity (Wildman–Crippen MR) is 35.4 cm³/mol. The van der Waals surface area contributed by atoms with E-state index in [2.05, 4.69) is 0 Å². The van der Waals surface area contributed by atoms with Gasteiger partial charge in [-0.2, -0.15) is 34.8 Å². The van der Waals surface area contributed by atoms with E-state index in [1.807, 2.05) is 0 Å². The lowest BCUT2D eigenvalue weighted by Gasteiger charge is -2.29. The van der Waals surface area contributed by atoms with Crippen LogP contribution in [0.4, 0.5) is 30.2 Å². The molecule has 0 aromatic carbocycles. The fourth-order valence-corrected chi connectivity index (χ4v) is 1.24. The second kappa shape index (κ2) is 3.49. The van der Waals surface area contributed by atoms with E-state index >= 15 is 0 Å². The summed E-state index contributed by atoms with van der Waals surface area (Å²) in [5, 5.41) is 0. The summed E-state index contributed by atoms with van der Waals surface area (Å²) in [5.74, 6) is -19.8. The van der Waals surface area contributed by atoms with Crippen molar-refractivity contribution >= 4 is 10.2 Å². The van der Waals surface area contributed by atoms with Gasteiger partial charge in [0, 0.05) is 6.92 Å². The Morgan fingerprint density at radius 1 is 1.00 bits per heavy atom. The molecule has 0 saturated heterocycles. The Hall–Kier alpha value is -0.540. The first-order valence-corrected chi connectivity index (χ1v) is 4.82. The number of hydrogen-bond donors (Lipinski definition) is 0. The lowest BCUT2D eigenvalue weighted by atomic mass is 10.1. The number of hydrogen-bond acceptors (Lipinski definition) is 2. The van der Waals surface area contributed by atoms with Crippen molar-refractivity contribution in [3.05, 3.63) is 0 Å². The van der Waals surface area contributed by atoms with Crippen LogP contribution in [0.2, 0.25) is 0 Å². The van der Waals surface area contributed by atoms with Crippen LogP contribution in [0.5, 0.6) is 0 Å². The molecule has 0 aromatic heterocycles. The predicted octanol–water partition coefficient (Wildman–Crippen LogP) is 2.21. The van der Waals surface area contributed by atoms with Gasteiger partial charge in [0.2, 0.25) is 0 Å². The van der Waals surface area contributed by atoms with Crippen LogP contribution in [0.1, 0.15) is 6.92 Å². The summed E-state index contributed by atoms with van der Waals surface area (Å²) in [6, 6.07) is 0. The normalized spacial score (nSPS) is 15.5. The van der Waals surface area contributed by atoms with Gasteiger partial charge in [0.25, 0.3) is 0 Å². The zero-order valence-electron chi connectivity index (χ0n) is 7.08. The minimum atomic E-state index is -5.99. The zero-order valence-corrected chi connectivity index (χ0v) is 7.89. The first-order chi connectivity index (χ1) is 6.21. The summed E-state index contributed by atoms with van der Waals surface area (Å²) in [5.41, 5.74) is 0. The smallest absolute Gasteiger partial charge is 0.200 e. The molecule has 0 spiro atoms. The lowest BCUT2D eigenvalue weighted by Crippen LogP contribution is -2.55. The lowest BCUT2D eigenvalue weighted by molar-refractivity contribution is -0.294. The zero-order chi connectivity index (χ0) is 12.7. The summed E-state index contributed by atoms with van der Waals surface area (Å²) < 4.78 is 104. The van der Waals surface area contributed by atoms with Crippen molar-refractivity contribution in [1.82, 2.24) is 0 Å². The first kappa shape index (κ1) is 14.5. The van der Waals surface area contributed by atoms with Crippen LogP contribution in [-0.4, -0.2) is 31.9 Å². The van der Waals surface area contributed by atoms with Gasteiger partial charge in [-0.05, 0) is 0 Å². The fraction of sp³-hybridized carbons (Fsp3) is 1.00. The van der Waals surface area contributed by atoms with Crippen molar-refractivity contribution in [1.29, 1.82) is 0 Å². The Morgan fingerprint density at radius 2 is 1.33 bits per heavy atom. The summed E-state index contributed by atoms with van der Waals surface area (Å²) in [6.45, 7) is -0.522. The summed E-state index contributed by atoms with van der Waals surface area (Å²) in [7, 11) is -5.99. The van der Waals surface area contributed by atoms with Crippen LogP contribution in [0.15, 0.2) is 0 Å². The van der Waals surface area contributed by atoms with Crippen molar-refractivity contribution in [2.75, 3.05) is 5.75 Å². The van der Waals surface area contributed by atoms with E-state index in [1.54, 1.807) is 0 Å². The van der Waals surface area contributed by atoms with E-state index < -0.39 is 40.7 Å². The van der Waals surface area contributed by atoms with E-state index in [9.17, 15) is 38.6 Å². The molecule has 10 heteroatoms. The maximum Gasteiger partial charge on any atom is 0.372 e. The summed E-state index contributed by atoms with van der Waals surface area (Å²) >= 11 is 0. The molecule has 0 saturated carbocycles. The van der Waals surface area contributed by atoms with Crippen LogP contribution >= 0.6 is 0 Å².